The molecule has 3 unspecified atom stereocenters. The van der Waals surface area contributed by atoms with Crippen molar-refractivity contribution in [2.45, 2.75) is 78.3 Å². The van der Waals surface area contributed by atoms with Crippen LogP contribution < -0.4 is 0 Å². The van der Waals surface area contributed by atoms with E-state index in [0.717, 1.165) is 12.3 Å². The molecule has 0 aromatic rings. The van der Waals surface area contributed by atoms with Crippen molar-refractivity contribution in [1.82, 2.24) is 4.90 Å². The number of hydrogen-bond donors (Lipinski definition) is 0. The second-order valence-electron chi connectivity index (χ2n) is 8.29. The van der Waals surface area contributed by atoms with E-state index in [9.17, 15) is 5.26 Å². The van der Waals surface area contributed by atoms with Crippen LogP contribution in [0.3, 0.4) is 0 Å². The molecule has 2 nitrogen and oxygen atoms in total. The zero-order chi connectivity index (χ0) is 14.3. The quantitative estimate of drug-likeness (QED) is 0.707. The molecular formula is C17H30N2. The minimum atomic E-state index is 0.246. The van der Waals surface area contributed by atoms with E-state index in [-0.39, 0.29) is 5.92 Å². The summed E-state index contributed by atoms with van der Waals surface area (Å²) in [5.41, 5.74) is 0.669. The molecule has 19 heavy (non-hydrogen) atoms. The monoisotopic (exact) mass is 262 g/mol. The second kappa shape index (κ2) is 5.09. The lowest BCUT2D eigenvalue weighted by molar-refractivity contribution is 0.0256. The largest absolute Gasteiger partial charge is 0.294 e. The normalized spacial score (nSPS) is 36.1. The minimum absolute atomic E-state index is 0.246. The fraction of sp³-hybridized carbons (Fsp3) is 0.941. The van der Waals surface area contributed by atoms with Gasteiger partial charge in [0, 0.05) is 11.6 Å². The van der Waals surface area contributed by atoms with Gasteiger partial charge < -0.3 is 0 Å². The Morgan fingerprint density at radius 3 is 2.37 bits per heavy atom. The first-order valence-electron chi connectivity index (χ1n) is 7.92. The van der Waals surface area contributed by atoms with Crippen LogP contribution in [-0.4, -0.2) is 23.0 Å². The molecule has 0 N–H and O–H groups in total. The molecule has 0 radical (unpaired) electrons. The van der Waals surface area contributed by atoms with Gasteiger partial charge in [-0.3, -0.25) is 4.90 Å². The van der Waals surface area contributed by atoms with Crippen molar-refractivity contribution < 1.29 is 0 Å². The van der Waals surface area contributed by atoms with Gasteiger partial charge in [-0.15, -0.1) is 0 Å². The average Bonchev–Trinajstić information content (AvgIpc) is 2.66. The molecule has 2 heteroatoms. The van der Waals surface area contributed by atoms with Crippen molar-refractivity contribution >= 4 is 0 Å². The Labute approximate surface area is 119 Å². The van der Waals surface area contributed by atoms with E-state index in [1.807, 2.05) is 0 Å². The number of hydrogen-bond acceptors (Lipinski definition) is 2. The van der Waals surface area contributed by atoms with Gasteiger partial charge >= 0.3 is 0 Å². The topological polar surface area (TPSA) is 27.0 Å². The van der Waals surface area contributed by atoms with E-state index in [0.29, 0.717) is 17.0 Å². The van der Waals surface area contributed by atoms with Gasteiger partial charge in [0.1, 0.15) is 0 Å². The van der Waals surface area contributed by atoms with Gasteiger partial charge in [-0.1, -0.05) is 20.8 Å². The SMILES string of the molecule is CC(C)(C)C1CCC(C#N)C(N2CCCC2(C)C)C1. The number of nitrogens with zero attached hydrogens (tertiary/aromatic N) is 2. The molecule has 2 fully saturated rings. The smallest absolute Gasteiger partial charge is 0.0672 e. The van der Waals surface area contributed by atoms with Crippen LogP contribution >= 0.6 is 0 Å². The van der Waals surface area contributed by atoms with Gasteiger partial charge in [-0.05, 0) is 63.8 Å². The van der Waals surface area contributed by atoms with E-state index in [2.05, 4.69) is 45.6 Å². The van der Waals surface area contributed by atoms with Crippen LogP contribution in [0.1, 0.15) is 66.7 Å². The van der Waals surface area contributed by atoms with Crippen molar-refractivity contribution in [1.29, 1.82) is 5.26 Å². The molecule has 1 saturated carbocycles. The van der Waals surface area contributed by atoms with E-state index in [1.165, 1.54) is 32.2 Å². The summed E-state index contributed by atoms with van der Waals surface area (Å²) in [4.78, 5) is 2.65. The van der Waals surface area contributed by atoms with Crippen molar-refractivity contribution in [2.24, 2.45) is 17.3 Å². The standard InChI is InChI=1S/C17H30N2/c1-16(2,3)14-8-7-13(12-18)15(11-14)19-10-6-9-17(19,4)5/h13-15H,6-11H2,1-5H3. The molecule has 0 spiro atoms. The molecule has 0 bridgehead atoms. The van der Waals surface area contributed by atoms with Gasteiger partial charge in [0.25, 0.3) is 0 Å². The Balaban J connectivity index is 2.17. The van der Waals surface area contributed by atoms with Gasteiger partial charge in [-0.2, -0.15) is 5.26 Å². The zero-order valence-corrected chi connectivity index (χ0v) is 13.4. The Morgan fingerprint density at radius 2 is 1.89 bits per heavy atom. The molecule has 1 aliphatic heterocycles. The van der Waals surface area contributed by atoms with Crippen LogP contribution in [-0.2, 0) is 0 Å². The maximum absolute atomic E-state index is 9.50. The van der Waals surface area contributed by atoms with Gasteiger partial charge in [0.2, 0.25) is 0 Å². The molecule has 0 amide bonds. The molecule has 3 atom stereocenters. The lowest BCUT2D eigenvalue weighted by Gasteiger charge is -2.47. The Morgan fingerprint density at radius 1 is 1.21 bits per heavy atom. The van der Waals surface area contributed by atoms with Crippen molar-refractivity contribution in [2.75, 3.05) is 6.54 Å². The number of rotatable bonds is 1. The summed E-state index contributed by atoms with van der Waals surface area (Å²) in [6.07, 6.45) is 6.11. The minimum Gasteiger partial charge on any atom is -0.294 e. The summed E-state index contributed by atoms with van der Waals surface area (Å²) < 4.78 is 0. The van der Waals surface area contributed by atoms with Crippen molar-refractivity contribution in [3.05, 3.63) is 0 Å². The average molecular weight is 262 g/mol. The third-order valence-corrected chi connectivity index (χ3v) is 5.57. The maximum Gasteiger partial charge on any atom is 0.0672 e. The van der Waals surface area contributed by atoms with Crippen molar-refractivity contribution in [3.8, 4) is 6.07 Å². The summed E-state index contributed by atoms with van der Waals surface area (Å²) >= 11 is 0. The summed E-state index contributed by atoms with van der Waals surface area (Å²) in [5.74, 6) is 1.01. The predicted molar refractivity (Wildman–Crippen MR) is 79.7 cm³/mol. The van der Waals surface area contributed by atoms with Crippen LogP contribution in [0.5, 0.6) is 0 Å². The summed E-state index contributed by atoms with van der Waals surface area (Å²) in [6, 6.07) is 3.09. The predicted octanol–water partition coefficient (Wildman–Crippen LogP) is 4.22. The Kier molecular flexibility index (Phi) is 3.98. The van der Waals surface area contributed by atoms with Crippen molar-refractivity contribution in [3.63, 3.8) is 0 Å². The van der Waals surface area contributed by atoms with Crippen LogP contribution in [0.4, 0.5) is 0 Å². The van der Waals surface area contributed by atoms with Crippen LogP contribution in [0, 0.1) is 28.6 Å². The highest BCUT2D eigenvalue weighted by molar-refractivity contribution is 5.03. The van der Waals surface area contributed by atoms with Crippen LogP contribution in [0.2, 0.25) is 0 Å². The molecule has 108 valence electrons. The molecular weight excluding hydrogens is 232 g/mol. The summed E-state index contributed by atoms with van der Waals surface area (Å²) in [6.45, 7) is 13.0. The van der Waals surface area contributed by atoms with E-state index in [1.54, 1.807) is 0 Å². The summed E-state index contributed by atoms with van der Waals surface area (Å²) in [7, 11) is 0. The molecule has 2 aliphatic rings. The Bertz CT molecular complexity index is 358. The fourth-order valence-corrected chi connectivity index (χ4v) is 4.17. The van der Waals surface area contributed by atoms with E-state index >= 15 is 0 Å². The van der Waals surface area contributed by atoms with Gasteiger partial charge in [-0.25, -0.2) is 0 Å². The fourth-order valence-electron chi connectivity index (χ4n) is 4.17. The lowest BCUT2D eigenvalue weighted by atomic mass is 9.67. The first kappa shape index (κ1) is 14.9. The molecule has 0 aromatic heterocycles. The van der Waals surface area contributed by atoms with Crippen LogP contribution in [0.25, 0.3) is 0 Å². The Hall–Kier alpha value is -0.550. The van der Waals surface area contributed by atoms with Crippen LogP contribution in [0.15, 0.2) is 0 Å². The molecule has 0 aromatic carbocycles. The number of likely N-dealkylation sites (tertiary alicyclic amines) is 1. The first-order valence-corrected chi connectivity index (χ1v) is 7.92. The second-order valence-corrected chi connectivity index (χ2v) is 8.29. The zero-order valence-electron chi connectivity index (χ0n) is 13.4. The van der Waals surface area contributed by atoms with E-state index in [4.69, 9.17) is 0 Å². The van der Waals surface area contributed by atoms with Gasteiger partial charge in [0.15, 0.2) is 0 Å². The lowest BCUT2D eigenvalue weighted by Crippen LogP contribution is -2.51. The third-order valence-electron chi connectivity index (χ3n) is 5.57. The number of nitriles is 1. The first-order chi connectivity index (χ1) is 8.75. The highest BCUT2D eigenvalue weighted by Gasteiger charge is 2.44. The maximum atomic E-state index is 9.50. The molecule has 1 saturated heterocycles. The molecule has 2 rings (SSSR count). The highest BCUT2D eigenvalue weighted by atomic mass is 15.2. The highest BCUT2D eigenvalue weighted by Crippen LogP contribution is 2.44. The third kappa shape index (κ3) is 2.97. The van der Waals surface area contributed by atoms with E-state index < -0.39 is 0 Å². The summed E-state index contributed by atoms with van der Waals surface area (Å²) in [5, 5.41) is 9.50. The van der Waals surface area contributed by atoms with Gasteiger partial charge in [0.05, 0.1) is 12.0 Å². The molecule has 1 aliphatic carbocycles. The molecule has 1 heterocycles.